The van der Waals surface area contributed by atoms with Crippen molar-refractivity contribution in [3.05, 3.63) is 49.1 Å². The Morgan fingerprint density at radius 1 is 1.07 bits per heavy atom. The van der Waals surface area contributed by atoms with Crippen molar-refractivity contribution in [2.45, 2.75) is 19.9 Å². The summed E-state index contributed by atoms with van der Waals surface area (Å²) in [7, 11) is 0. The van der Waals surface area contributed by atoms with E-state index in [9.17, 15) is 4.79 Å². The van der Waals surface area contributed by atoms with Gasteiger partial charge in [-0.25, -0.2) is 15.0 Å². The Labute approximate surface area is 157 Å². The molecule has 9 nitrogen and oxygen atoms in total. The van der Waals surface area contributed by atoms with Gasteiger partial charge in [-0.3, -0.25) is 14.0 Å². The van der Waals surface area contributed by atoms with Gasteiger partial charge in [0.25, 0.3) is 0 Å². The molecule has 1 aliphatic heterocycles. The summed E-state index contributed by atoms with van der Waals surface area (Å²) in [5.74, 6) is 2.47. The highest BCUT2D eigenvalue weighted by Gasteiger charge is 2.26. The van der Waals surface area contributed by atoms with Gasteiger partial charge in [0.15, 0.2) is 0 Å². The molecule has 3 aromatic rings. The Morgan fingerprint density at radius 2 is 1.85 bits per heavy atom. The number of imidazole rings is 1. The smallest absolute Gasteiger partial charge is 0.247 e. The third-order valence-corrected chi connectivity index (χ3v) is 4.77. The number of hydrogen-bond acceptors (Lipinski definition) is 6. The van der Waals surface area contributed by atoms with E-state index in [4.69, 9.17) is 0 Å². The molecular formula is C18H22N8O. The quantitative estimate of drug-likeness (QED) is 0.687. The third kappa shape index (κ3) is 3.53. The largest absolute Gasteiger partial charge is 0.353 e. The van der Waals surface area contributed by atoms with Crippen LogP contribution in [-0.4, -0.2) is 66.3 Å². The lowest BCUT2D eigenvalue weighted by molar-refractivity contribution is -0.134. The van der Waals surface area contributed by atoms with Gasteiger partial charge in [-0.15, -0.1) is 0 Å². The Kier molecular flexibility index (Phi) is 4.57. The van der Waals surface area contributed by atoms with Crippen molar-refractivity contribution in [3.8, 4) is 5.82 Å². The predicted octanol–water partition coefficient (Wildman–Crippen LogP) is 1.08. The molecule has 1 aliphatic rings. The van der Waals surface area contributed by atoms with E-state index in [0.29, 0.717) is 18.9 Å². The van der Waals surface area contributed by atoms with Crippen molar-refractivity contribution in [1.29, 1.82) is 0 Å². The number of aryl methyl sites for hydroxylation is 1. The number of nitrogens with zero attached hydrogens (tertiary/aromatic N) is 8. The Morgan fingerprint density at radius 3 is 2.52 bits per heavy atom. The van der Waals surface area contributed by atoms with E-state index >= 15 is 0 Å². The van der Waals surface area contributed by atoms with Gasteiger partial charge in [-0.1, -0.05) is 0 Å². The molecule has 0 saturated carbocycles. The SMILES string of the molecule is Cc1nc(N2CCN(C(=O)C(C)n3cccn3)CC2)cc(-n2ccnc2)n1. The van der Waals surface area contributed by atoms with Gasteiger partial charge in [0.1, 0.15) is 29.8 Å². The maximum absolute atomic E-state index is 12.7. The lowest BCUT2D eigenvalue weighted by Gasteiger charge is -2.36. The molecule has 0 aliphatic carbocycles. The number of rotatable bonds is 4. The first-order valence-corrected chi connectivity index (χ1v) is 8.99. The molecule has 4 rings (SSSR count). The zero-order chi connectivity index (χ0) is 18.8. The van der Waals surface area contributed by atoms with Crippen LogP contribution in [0.5, 0.6) is 0 Å². The van der Waals surface area contributed by atoms with Crippen molar-refractivity contribution in [2.75, 3.05) is 31.1 Å². The molecule has 1 fully saturated rings. The average Bonchev–Trinajstić information content (AvgIpc) is 3.40. The van der Waals surface area contributed by atoms with Gasteiger partial charge in [0.2, 0.25) is 5.91 Å². The normalized spacial score (nSPS) is 15.8. The van der Waals surface area contributed by atoms with Gasteiger partial charge in [0.05, 0.1) is 0 Å². The number of anilines is 1. The Balaban J connectivity index is 1.44. The summed E-state index contributed by atoms with van der Waals surface area (Å²) >= 11 is 0. The Bertz CT molecular complexity index is 898. The number of carbonyl (C=O) groups excluding carboxylic acids is 1. The fraction of sp³-hybridized carbons (Fsp3) is 0.389. The first-order chi connectivity index (χ1) is 13.1. The van der Waals surface area contributed by atoms with Crippen LogP contribution in [0.3, 0.4) is 0 Å². The third-order valence-electron chi connectivity index (χ3n) is 4.77. The first kappa shape index (κ1) is 17.2. The van der Waals surface area contributed by atoms with Crippen LogP contribution in [0.25, 0.3) is 5.82 Å². The molecule has 1 saturated heterocycles. The maximum Gasteiger partial charge on any atom is 0.247 e. The monoisotopic (exact) mass is 366 g/mol. The number of carbonyl (C=O) groups is 1. The molecule has 0 aromatic carbocycles. The van der Waals surface area contributed by atoms with Crippen LogP contribution in [-0.2, 0) is 4.79 Å². The summed E-state index contributed by atoms with van der Waals surface area (Å²) in [5, 5.41) is 4.17. The van der Waals surface area contributed by atoms with E-state index in [1.54, 1.807) is 23.4 Å². The summed E-state index contributed by atoms with van der Waals surface area (Å²) in [6, 6.07) is 3.50. The summed E-state index contributed by atoms with van der Waals surface area (Å²) in [5.41, 5.74) is 0. The minimum atomic E-state index is -0.291. The van der Waals surface area contributed by atoms with Crippen LogP contribution in [0.15, 0.2) is 43.2 Å². The lowest BCUT2D eigenvalue weighted by atomic mass is 10.2. The highest BCUT2D eigenvalue weighted by atomic mass is 16.2. The fourth-order valence-corrected chi connectivity index (χ4v) is 3.27. The van der Waals surface area contributed by atoms with Crippen molar-refractivity contribution in [2.24, 2.45) is 0 Å². The summed E-state index contributed by atoms with van der Waals surface area (Å²) in [4.78, 5) is 29.9. The molecule has 140 valence electrons. The van der Waals surface area contributed by atoms with Crippen molar-refractivity contribution >= 4 is 11.7 Å². The summed E-state index contributed by atoms with van der Waals surface area (Å²) in [6.07, 6.45) is 8.82. The van der Waals surface area contributed by atoms with Crippen LogP contribution < -0.4 is 4.90 Å². The van der Waals surface area contributed by atoms with Gasteiger partial charge >= 0.3 is 0 Å². The Hall–Kier alpha value is -3.23. The molecule has 27 heavy (non-hydrogen) atoms. The average molecular weight is 366 g/mol. The molecule has 4 heterocycles. The van der Waals surface area contributed by atoms with Crippen LogP contribution in [0.1, 0.15) is 18.8 Å². The zero-order valence-electron chi connectivity index (χ0n) is 15.4. The van der Waals surface area contributed by atoms with E-state index in [0.717, 1.165) is 24.7 Å². The van der Waals surface area contributed by atoms with Crippen molar-refractivity contribution in [1.82, 2.24) is 34.2 Å². The number of hydrogen-bond donors (Lipinski definition) is 0. The van der Waals surface area contributed by atoms with Gasteiger partial charge in [-0.2, -0.15) is 5.10 Å². The highest BCUT2D eigenvalue weighted by molar-refractivity contribution is 5.80. The lowest BCUT2D eigenvalue weighted by Crippen LogP contribution is -2.50. The molecule has 0 N–H and O–H groups in total. The molecule has 0 bridgehead atoms. The minimum absolute atomic E-state index is 0.0938. The van der Waals surface area contributed by atoms with Crippen LogP contribution >= 0.6 is 0 Å². The van der Waals surface area contributed by atoms with Gasteiger partial charge in [0, 0.05) is 57.0 Å². The van der Waals surface area contributed by atoms with E-state index in [1.807, 2.05) is 47.8 Å². The molecule has 9 heteroatoms. The topological polar surface area (TPSA) is 85.0 Å². The second kappa shape index (κ2) is 7.18. The number of amides is 1. The first-order valence-electron chi connectivity index (χ1n) is 8.99. The second-order valence-corrected chi connectivity index (χ2v) is 6.58. The summed E-state index contributed by atoms with van der Waals surface area (Å²) < 4.78 is 3.56. The van der Waals surface area contributed by atoms with Crippen LogP contribution in [0.4, 0.5) is 5.82 Å². The molecule has 1 amide bonds. The molecule has 1 atom stereocenters. The van der Waals surface area contributed by atoms with Crippen molar-refractivity contribution < 1.29 is 4.79 Å². The standard InChI is InChI=1S/C18H22N8O/c1-14(26-6-3-4-20-26)18(27)24-10-8-23(9-11-24)16-12-17(22-15(2)21-16)25-7-5-19-13-25/h3-7,12-14H,8-11H2,1-2H3. The molecular weight excluding hydrogens is 344 g/mol. The maximum atomic E-state index is 12.7. The van der Waals surface area contributed by atoms with Crippen molar-refractivity contribution in [3.63, 3.8) is 0 Å². The molecule has 0 radical (unpaired) electrons. The van der Waals surface area contributed by atoms with Crippen LogP contribution in [0.2, 0.25) is 0 Å². The highest BCUT2D eigenvalue weighted by Crippen LogP contribution is 2.19. The number of piperazine rings is 1. The second-order valence-electron chi connectivity index (χ2n) is 6.58. The van der Waals surface area contributed by atoms with E-state index in [1.165, 1.54) is 0 Å². The fourth-order valence-electron chi connectivity index (χ4n) is 3.27. The summed E-state index contributed by atoms with van der Waals surface area (Å²) in [6.45, 7) is 6.55. The van der Waals surface area contributed by atoms with E-state index in [-0.39, 0.29) is 11.9 Å². The molecule has 3 aromatic heterocycles. The minimum Gasteiger partial charge on any atom is -0.353 e. The number of aromatic nitrogens is 6. The molecule has 0 spiro atoms. The van der Waals surface area contributed by atoms with Gasteiger partial charge < -0.3 is 9.80 Å². The zero-order valence-corrected chi connectivity index (χ0v) is 15.4. The van der Waals surface area contributed by atoms with Crippen LogP contribution in [0, 0.1) is 6.92 Å². The van der Waals surface area contributed by atoms with E-state index in [2.05, 4.69) is 25.0 Å². The molecule has 1 unspecified atom stereocenters. The van der Waals surface area contributed by atoms with E-state index < -0.39 is 0 Å². The van der Waals surface area contributed by atoms with Gasteiger partial charge in [-0.05, 0) is 19.9 Å². The predicted molar refractivity (Wildman–Crippen MR) is 99.6 cm³/mol.